The fourth-order valence-corrected chi connectivity index (χ4v) is 1.86. The predicted molar refractivity (Wildman–Crippen MR) is 70.5 cm³/mol. The highest BCUT2D eigenvalue weighted by atomic mass is 32.2. The van der Waals surface area contributed by atoms with Gasteiger partial charge in [0.2, 0.25) is 5.91 Å². The number of nitrogens with one attached hydrogen (secondary N) is 1. The molecular formula is C10H17N5O3S. The predicted octanol–water partition coefficient (Wildman–Crippen LogP) is -0.941. The summed E-state index contributed by atoms with van der Waals surface area (Å²) >= 11 is 1.53. The third kappa shape index (κ3) is 5.26. The maximum absolute atomic E-state index is 11.7. The Hall–Kier alpha value is -1.61. The second-order valence-electron chi connectivity index (χ2n) is 3.85. The zero-order chi connectivity index (χ0) is 14.3. The Morgan fingerprint density at radius 2 is 2.37 bits per heavy atom. The van der Waals surface area contributed by atoms with Crippen molar-refractivity contribution >= 4 is 23.6 Å². The van der Waals surface area contributed by atoms with Crippen molar-refractivity contribution in [2.45, 2.75) is 25.6 Å². The zero-order valence-corrected chi connectivity index (χ0v) is 11.4. The molecule has 0 bridgehead atoms. The smallest absolute Gasteiger partial charge is 0.326 e. The number of nitrogens with two attached hydrogens (primary N) is 1. The standard InChI is InChI=1S/C10H17N5O3S/c1-19-3-2-8(10(17)18)12-9(16)6-15-5-7(4-11)13-14-15/h5,8H,2-4,6,11H2,1H3,(H,12,16)(H,17,18)/t8-/m0/s1. The topological polar surface area (TPSA) is 123 Å². The van der Waals surface area contributed by atoms with Crippen molar-refractivity contribution in [2.75, 3.05) is 12.0 Å². The van der Waals surface area contributed by atoms with E-state index in [1.165, 1.54) is 16.4 Å². The molecule has 0 aromatic carbocycles. The average molecular weight is 287 g/mol. The lowest BCUT2D eigenvalue weighted by Crippen LogP contribution is -2.42. The van der Waals surface area contributed by atoms with Crippen LogP contribution in [0.1, 0.15) is 12.1 Å². The van der Waals surface area contributed by atoms with E-state index in [2.05, 4.69) is 15.6 Å². The summed E-state index contributed by atoms with van der Waals surface area (Å²) in [4.78, 5) is 22.7. The van der Waals surface area contributed by atoms with Crippen LogP contribution in [-0.2, 0) is 22.7 Å². The largest absolute Gasteiger partial charge is 0.480 e. The molecule has 0 radical (unpaired) electrons. The molecule has 0 aliphatic heterocycles. The number of nitrogens with zero attached hydrogens (tertiary/aromatic N) is 3. The van der Waals surface area contributed by atoms with Crippen molar-refractivity contribution in [1.82, 2.24) is 20.3 Å². The minimum Gasteiger partial charge on any atom is -0.480 e. The van der Waals surface area contributed by atoms with Crippen LogP contribution in [-0.4, -0.2) is 50.0 Å². The highest BCUT2D eigenvalue weighted by Gasteiger charge is 2.19. The molecule has 1 aromatic rings. The molecule has 4 N–H and O–H groups in total. The first-order chi connectivity index (χ1) is 9.06. The molecule has 0 spiro atoms. The van der Waals surface area contributed by atoms with Crippen molar-refractivity contribution in [3.63, 3.8) is 0 Å². The molecule has 1 amide bonds. The van der Waals surface area contributed by atoms with E-state index < -0.39 is 17.9 Å². The monoisotopic (exact) mass is 287 g/mol. The molecule has 1 atom stereocenters. The van der Waals surface area contributed by atoms with Crippen LogP contribution in [0.5, 0.6) is 0 Å². The van der Waals surface area contributed by atoms with E-state index in [9.17, 15) is 9.59 Å². The van der Waals surface area contributed by atoms with Gasteiger partial charge in [0.05, 0.1) is 11.9 Å². The van der Waals surface area contributed by atoms with Gasteiger partial charge in [0, 0.05) is 6.54 Å². The van der Waals surface area contributed by atoms with Gasteiger partial charge in [-0.1, -0.05) is 5.21 Å². The molecule has 0 saturated carbocycles. The van der Waals surface area contributed by atoms with Crippen LogP contribution in [0.3, 0.4) is 0 Å². The number of aromatic nitrogens is 3. The van der Waals surface area contributed by atoms with Crippen LogP contribution in [0, 0.1) is 0 Å². The van der Waals surface area contributed by atoms with Crippen LogP contribution < -0.4 is 11.1 Å². The van der Waals surface area contributed by atoms with Gasteiger partial charge in [-0.2, -0.15) is 11.8 Å². The number of aliphatic carboxylic acids is 1. The van der Waals surface area contributed by atoms with Crippen molar-refractivity contribution in [1.29, 1.82) is 0 Å². The quantitative estimate of drug-likeness (QED) is 0.563. The van der Waals surface area contributed by atoms with Crippen molar-refractivity contribution in [3.05, 3.63) is 11.9 Å². The van der Waals surface area contributed by atoms with Gasteiger partial charge in [-0.15, -0.1) is 5.10 Å². The minimum absolute atomic E-state index is 0.0734. The Morgan fingerprint density at radius 3 is 2.89 bits per heavy atom. The van der Waals surface area contributed by atoms with Gasteiger partial charge in [-0.05, 0) is 18.4 Å². The Kier molecular flexibility index (Phi) is 6.30. The van der Waals surface area contributed by atoms with E-state index in [0.29, 0.717) is 17.9 Å². The summed E-state index contributed by atoms with van der Waals surface area (Å²) < 4.78 is 1.32. The maximum atomic E-state index is 11.7. The molecule has 8 nitrogen and oxygen atoms in total. The van der Waals surface area contributed by atoms with Crippen molar-refractivity contribution < 1.29 is 14.7 Å². The van der Waals surface area contributed by atoms with E-state index in [4.69, 9.17) is 10.8 Å². The number of carboxylic acids is 1. The summed E-state index contributed by atoms with van der Waals surface area (Å²) in [5, 5.41) is 18.9. The summed E-state index contributed by atoms with van der Waals surface area (Å²) in [6.45, 7) is 0.170. The molecule has 0 aliphatic rings. The molecule has 0 unspecified atom stereocenters. The fraction of sp³-hybridized carbons (Fsp3) is 0.600. The summed E-state index contributed by atoms with van der Waals surface area (Å²) in [6, 6.07) is -0.877. The summed E-state index contributed by atoms with van der Waals surface area (Å²) in [5.41, 5.74) is 5.95. The van der Waals surface area contributed by atoms with Crippen LogP contribution >= 0.6 is 11.8 Å². The summed E-state index contributed by atoms with van der Waals surface area (Å²) in [7, 11) is 0. The van der Waals surface area contributed by atoms with Gasteiger partial charge in [-0.25, -0.2) is 9.48 Å². The first-order valence-electron chi connectivity index (χ1n) is 5.67. The molecule has 0 saturated heterocycles. The summed E-state index contributed by atoms with van der Waals surface area (Å²) in [5.74, 6) is -0.789. The normalized spacial score (nSPS) is 12.1. The third-order valence-corrected chi connectivity index (χ3v) is 2.99. The van der Waals surface area contributed by atoms with Gasteiger partial charge < -0.3 is 16.2 Å². The first-order valence-corrected chi connectivity index (χ1v) is 7.06. The number of thioether (sulfide) groups is 1. The Labute approximate surface area is 114 Å². The lowest BCUT2D eigenvalue weighted by atomic mass is 10.2. The molecule has 1 aromatic heterocycles. The third-order valence-electron chi connectivity index (χ3n) is 2.34. The highest BCUT2D eigenvalue weighted by Crippen LogP contribution is 2.01. The second-order valence-corrected chi connectivity index (χ2v) is 4.84. The van der Waals surface area contributed by atoms with Gasteiger partial charge in [0.25, 0.3) is 0 Å². The number of hydrogen-bond donors (Lipinski definition) is 3. The molecule has 1 rings (SSSR count). The molecule has 0 fully saturated rings. The SMILES string of the molecule is CSCC[C@H](NC(=O)Cn1cc(CN)nn1)C(=O)O. The maximum Gasteiger partial charge on any atom is 0.326 e. The zero-order valence-electron chi connectivity index (χ0n) is 10.6. The second kappa shape index (κ2) is 7.74. The number of amides is 1. The molecule has 106 valence electrons. The molecule has 19 heavy (non-hydrogen) atoms. The fourth-order valence-electron chi connectivity index (χ4n) is 1.39. The van der Waals surface area contributed by atoms with Gasteiger partial charge in [-0.3, -0.25) is 4.79 Å². The van der Waals surface area contributed by atoms with Crippen molar-refractivity contribution in [2.24, 2.45) is 5.73 Å². The van der Waals surface area contributed by atoms with Crippen LogP contribution in [0.25, 0.3) is 0 Å². The number of hydrogen-bond acceptors (Lipinski definition) is 6. The number of rotatable bonds is 8. The molecule has 9 heteroatoms. The van der Waals surface area contributed by atoms with Gasteiger partial charge in [0.1, 0.15) is 12.6 Å². The van der Waals surface area contributed by atoms with E-state index in [1.807, 2.05) is 6.26 Å². The van der Waals surface area contributed by atoms with Crippen LogP contribution in [0.15, 0.2) is 6.20 Å². The van der Waals surface area contributed by atoms with Gasteiger partial charge in [0.15, 0.2) is 0 Å². The van der Waals surface area contributed by atoms with Crippen molar-refractivity contribution in [3.8, 4) is 0 Å². The van der Waals surface area contributed by atoms with E-state index in [-0.39, 0.29) is 13.1 Å². The number of carbonyl (C=O) groups is 2. The lowest BCUT2D eigenvalue weighted by Gasteiger charge is -2.13. The van der Waals surface area contributed by atoms with E-state index in [0.717, 1.165) is 0 Å². The van der Waals surface area contributed by atoms with Crippen LogP contribution in [0.2, 0.25) is 0 Å². The number of carbonyl (C=O) groups excluding carboxylic acids is 1. The molecule has 0 aliphatic carbocycles. The minimum atomic E-state index is -1.04. The molecule has 1 heterocycles. The highest BCUT2D eigenvalue weighted by molar-refractivity contribution is 7.98. The number of carboxylic acid groups (broad SMARTS) is 1. The average Bonchev–Trinajstić information content (AvgIpc) is 2.81. The lowest BCUT2D eigenvalue weighted by molar-refractivity contribution is -0.142. The molecular weight excluding hydrogens is 270 g/mol. The summed E-state index contributed by atoms with van der Waals surface area (Å²) in [6.07, 6.45) is 3.81. The van der Waals surface area contributed by atoms with E-state index in [1.54, 1.807) is 6.20 Å². The van der Waals surface area contributed by atoms with Crippen LogP contribution in [0.4, 0.5) is 0 Å². The van der Waals surface area contributed by atoms with Gasteiger partial charge >= 0.3 is 5.97 Å². The first kappa shape index (κ1) is 15.4. The van der Waals surface area contributed by atoms with E-state index >= 15 is 0 Å². The Bertz CT molecular complexity index is 437. The Morgan fingerprint density at radius 1 is 1.63 bits per heavy atom. The Balaban J connectivity index is 2.49.